The van der Waals surface area contributed by atoms with Crippen molar-refractivity contribution in [2.24, 2.45) is 0 Å². The molecule has 2 aromatic carbocycles. The molecule has 0 amide bonds. The third kappa shape index (κ3) is 3.86. The lowest BCUT2D eigenvalue weighted by Crippen LogP contribution is -2.07. The molecule has 0 unspecified atom stereocenters. The molecule has 0 fully saturated rings. The zero-order valence-electron chi connectivity index (χ0n) is 14.3. The molecule has 1 aromatic heterocycles. The van der Waals surface area contributed by atoms with Gasteiger partial charge in [-0.15, -0.1) is 0 Å². The molecule has 0 aliphatic rings. The van der Waals surface area contributed by atoms with Crippen LogP contribution in [0, 0.1) is 0 Å². The molecule has 0 N–H and O–H groups in total. The monoisotopic (exact) mass is 332 g/mol. The smallest absolute Gasteiger partial charge is 0.358 e. The number of hydrogen-bond donors (Lipinski definition) is 0. The molecule has 4 nitrogen and oxygen atoms in total. The van der Waals surface area contributed by atoms with Crippen molar-refractivity contribution < 1.29 is 9.53 Å². The van der Waals surface area contributed by atoms with Gasteiger partial charge in [-0.05, 0) is 49.3 Å². The van der Waals surface area contributed by atoms with Crippen LogP contribution in [0.2, 0.25) is 0 Å². The topological polar surface area (TPSA) is 44.1 Å². The second kappa shape index (κ2) is 7.62. The van der Waals surface area contributed by atoms with E-state index < -0.39 is 5.97 Å². The first-order chi connectivity index (χ1) is 12.2. The highest BCUT2D eigenvalue weighted by molar-refractivity contribution is 5.89. The van der Waals surface area contributed by atoms with Gasteiger partial charge in [-0.25, -0.2) is 9.48 Å². The largest absolute Gasteiger partial charge is 0.461 e. The fourth-order valence-corrected chi connectivity index (χ4v) is 2.61. The van der Waals surface area contributed by atoms with Crippen LogP contribution in [-0.4, -0.2) is 22.4 Å². The fraction of sp³-hybridized carbons (Fsp3) is 0.143. The van der Waals surface area contributed by atoms with Crippen LogP contribution < -0.4 is 0 Å². The number of ether oxygens (including phenoxy) is 1. The summed E-state index contributed by atoms with van der Waals surface area (Å²) in [6.07, 6.45) is 2.07. The number of para-hydroxylation sites is 1. The Bertz CT molecular complexity index is 881. The van der Waals surface area contributed by atoms with Crippen LogP contribution in [0.25, 0.3) is 17.3 Å². The summed E-state index contributed by atoms with van der Waals surface area (Å²) in [6, 6.07) is 21.6. The summed E-state index contributed by atoms with van der Waals surface area (Å²) >= 11 is 0. The summed E-state index contributed by atoms with van der Waals surface area (Å²) in [5, 5.41) is 4.46. The Labute approximate surface area is 147 Å². The molecule has 3 aromatic rings. The Kier molecular flexibility index (Phi) is 5.09. The summed E-state index contributed by atoms with van der Waals surface area (Å²) in [5.41, 5.74) is 4.17. The maximum absolute atomic E-state index is 12.1. The van der Waals surface area contributed by atoms with Crippen LogP contribution in [0.5, 0.6) is 0 Å². The van der Waals surface area contributed by atoms with E-state index in [2.05, 4.69) is 11.2 Å². The molecule has 126 valence electrons. The number of carbonyl (C=O) groups is 1. The molecular formula is C21H20N2O2. The zero-order valence-corrected chi connectivity index (χ0v) is 14.3. The molecule has 25 heavy (non-hydrogen) atoms. The molecule has 0 radical (unpaired) electrons. The van der Waals surface area contributed by atoms with Crippen molar-refractivity contribution in [3.8, 4) is 5.69 Å². The molecule has 0 aliphatic carbocycles. The van der Waals surface area contributed by atoms with Crippen LogP contribution in [0.4, 0.5) is 0 Å². The molecule has 4 heteroatoms. The number of benzene rings is 2. The van der Waals surface area contributed by atoms with Gasteiger partial charge in [0.1, 0.15) is 0 Å². The second-order valence-electron chi connectivity index (χ2n) is 5.62. The van der Waals surface area contributed by atoms with Gasteiger partial charge in [-0.1, -0.05) is 48.5 Å². The molecule has 0 spiro atoms. The average Bonchev–Trinajstić information content (AvgIpc) is 3.09. The highest BCUT2D eigenvalue weighted by Crippen LogP contribution is 2.22. The molecule has 1 heterocycles. The van der Waals surface area contributed by atoms with Gasteiger partial charge in [0.25, 0.3) is 0 Å². The number of esters is 1. The van der Waals surface area contributed by atoms with Crippen LogP contribution in [0.1, 0.15) is 35.6 Å². The van der Waals surface area contributed by atoms with Gasteiger partial charge in [-0.2, -0.15) is 5.10 Å². The van der Waals surface area contributed by atoms with Crippen molar-refractivity contribution in [2.45, 2.75) is 13.8 Å². The molecular weight excluding hydrogens is 312 g/mol. The van der Waals surface area contributed by atoms with Crippen molar-refractivity contribution in [1.82, 2.24) is 9.78 Å². The second-order valence-corrected chi connectivity index (χ2v) is 5.62. The van der Waals surface area contributed by atoms with Gasteiger partial charge in [0.05, 0.1) is 18.0 Å². The quantitative estimate of drug-likeness (QED) is 0.641. The molecule has 0 atom stereocenters. The SMILES string of the molecule is CCOC(=O)c1cc(/C(C)=C/c2ccccc2)n(-c2ccccc2)n1. The lowest BCUT2D eigenvalue weighted by Gasteiger charge is -2.07. The van der Waals surface area contributed by atoms with Crippen LogP contribution in [0.3, 0.4) is 0 Å². The standard InChI is InChI=1S/C21H20N2O2/c1-3-25-21(24)19-15-20(16(2)14-17-10-6-4-7-11-17)23(22-19)18-12-8-5-9-13-18/h4-15H,3H2,1-2H3/b16-14+. The third-order valence-electron chi connectivity index (χ3n) is 3.78. The first-order valence-electron chi connectivity index (χ1n) is 8.25. The zero-order chi connectivity index (χ0) is 17.6. The van der Waals surface area contributed by atoms with Crippen molar-refractivity contribution >= 4 is 17.6 Å². The van der Waals surface area contributed by atoms with Gasteiger partial charge in [0.2, 0.25) is 0 Å². The van der Waals surface area contributed by atoms with Crippen molar-refractivity contribution in [3.05, 3.63) is 83.7 Å². The molecule has 0 aliphatic heterocycles. The van der Waals surface area contributed by atoms with Crippen LogP contribution in [0.15, 0.2) is 66.7 Å². The Hall–Kier alpha value is -3.14. The summed E-state index contributed by atoms with van der Waals surface area (Å²) in [7, 11) is 0. The molecule has 0 saturated carbocycles. The van der Waals surface area contributed by atoms with E-state index >= 15 is 0 Å². The highest BCUT2D eigenvalue weighted by Gasteiger charge is 2.17. The van der Waals surface area contributed by atoms with Crippen molar-refractivity contribution in [1.29, 1.82) is 0 Å². The number of aromatic nitrogens is 2. The first-order valence-corrected chi connectivity index (χ1v) is 8.25. The molecule has 0 saturated heterocycles. The number of rotatable bonds is 5. The first kappa shape index (κ1) is 16.7. The lowest BCUT2D eigenvalue weighted by molar-refractivity contribution is 0.0519. The average molecular weight is 332 g/mol. The Balaban J connectivity index is 2.07. The number of hydrogen-bond acceptors (Lipinski definition) is 3. The van der Waals surface area contributed by atoms with E-state index in [1.807, 2.05) is 67.6 Å². The van der Waals surface area contributed by atoms with E-state index in [0.29, 0.717) is 12.3 Å². The van der Waals surface area contributed by atoms with Gasteiger partial charge >= 0.3 is 5.97 Å². The summed E-state index contributed by atoms with van der Waals surface area (Å²) < 4.78 is 6.87. The van der Waals surface area contributed by atoms with Gasteiger partial charge < -0.3 is 4.74 Å². The Morgan fingerprint density at radius 3 is 2.36 bits per heavy atom. The van der Waals surface area contributed by atoms with Crippen molar-refractivity contribution in [2.75, 3.05) is 6.61 Å². The van der Waals surface area contributed by atoms with E-state index in [1.165, 1.54) is 0 Å². The predicted molar refractivity (Wildman–Crippen MR) is 99.5 cm³/mol. The summed E-state index contributed by atoms with van der Waals surface area (Å²) in [5.74, 6) is -0.411. The minimum absolute atomic E-state index is 0.307. The minimum atomic E-state index is -0.411. The normalized spacial score (nSPS) is 11.4. The lowest BCUT2D eigenvalue weighted by atomic mass is 10.1. The van der Waals surface area contributed by atoms with E-state index in [4.69, 9.17) is 4.74 Å². The molecule has 0 bridgehead atoms. The maximum Gasteiger partial charge on any atom is 0.358 e. The Morgan fingerprint density at radius 2 is 1.72 bits per heavy atom. The van der Waals surface area contributed by atoms with E-state index in [0.717, 1.165) is 22.5 Å². The van der Waals surface area contributed by atoms with Gasteiger partial charge in [-0.3, -0.25) is 0 Å². The predicted octanol–water partition coefficient (Wildman–Crippen LogP) is 4.61. The van der Waals surface area contributed by atoms with Gasteiger partial charge in [0, 0.05) is 0 Å². The maximum atomic E-state index is 12.1. The number of carbonyl (C=O) groups excluding carboxylic acids is 1. The van der Waals surface area contributed by atoms with Gasteiger partial charge in [0.15, 0.2) is 5.69 Å². The van der Waals surface area contributed by atoms with Crippen LogP contribution in [-0.2, 0) is 4.74 Å². The van der Waals surface area contributed by atoms with Crippen LogP contribution >= 0.6 is 0 Å². The van der Waals surface area contributed by atoms with E-state index in [-0.39, 0.29) is 0 Å². The summed E-state index contributed by atoms with van der Waals surface area (Å²) in [6.45, 7) is 4.12. The minimum Gasteiger partial charge on any atom is -0.461 e. The van der Waals surface area contributed by atoms with E-state index in [1.54, 1.807) is 17.7 Å². The Morgan fingerprint density at radius 1 is 1.08 bits per heavy atom. The summed E-state index contributed by atoms with van der Waals surface area (Å²) in [4.78, 5) is 12.1. The third-order valence-corrected chi connectivity index (χ3v) is 3.78. The fourth-order valence-electron chi connectivity index (χ4n) is 2.61. The van der Waals surface area contributed by atoms with Crippen molar-refractivity contribution in [3.63, 3.8) is 0 Å². The number of nitrogens with zero attached hydrogens (tertiary/aromatic N) is 2. The highest BCUT2D eigenvalue weighted by atomic mass is 16.5. The molecule has 3 rings (SSSR count). The number of allylic oxidation sites excluding steroid dienone is 1. The van der Waals surface area contributed by atoms with E-state index in [9.17, 15) is 4.79 Å².